The largest absolute Gasteiger partial charge is 0.493 e. The van der Waals surface area contributed by atoms with Crippen molar-refractivity contribution in [3.8, 4) is 11.5 Å². The molecule has 0 aromatic heterocycles. The molecule has 0 bridgehead atoms. The average Bonchev–Trinajstić information content (AvgIpc) is 3.03. The number of ether oxygens (including phenoxy) is 2. The molecule has 1 saturated heterocycles. The van der Waals surface area contributed by atoms with Gasteiger partial charge in [0.05, 0.1) is 26.0 Å². The van der Waals surface area contributed by atoms with Gasteiger partial charge in [0, 0.05) is 50.0 Å². The number of methoxy groups -OCH3 is 2. The number of anilines is 1. The number of piperazine rings is 1. The van der Waals surface area contributed by atoms with Crippen molar-refractivity contribution in [2.75, 3.05) is 58.9 Å². The first kappa shape index (κ1) is 23.9. The van der Waals surface area contributed by atoms with E-state index in [1.807, 2.05) is 19.1 Å². The zero-order valence-corrected chi connectivity index (χ0v) is 20.8. The Bertz CT molecular complexity index is 1050. The highest BCUT2D eigenvalue weighted by Gasteiger charge is 2.28. The van der Waals surface area contributed by atoms with Crippen molar-refractivity contribution in [3.05, 3.63) is 53.1 Å². The fourth-order valence-corrected chi connectivity index (χ4v) is 4.70. The fraction of sp³-hybridized carbons (Fsp3) is 0.462. The maximum atomic E-state index is 12.7. The summed E-state index contributed by atoms with van der Waals surface area (Å²) in [7, 11) is 4.89. The van der Waals surface area contributed by atoms with E-state index < -0.39 is 0 Å². The molecule has 0 aliphatic carbocycles. The van der Waals surface area contributed by atoms with Crippen LogP contribution in [-0.2, 0) is 6.42 Å². The van der Waals surface area contributed by atoms with Crippen LogP contribution in [0.5, 0.6) is 11.5 Å². The van der Waals surface area contributed by atoms with Crippen LogP contribution in [0.25, 0.3) is 0 Å². The molecule has 0 spiro atoms. The molecule has 8 nitrogen and oxygen atoms in total. The molecular formula is C26H35N5O3. The van der Waals surface area contributed by atoms with Crippen LogP contribution in [0.15, 0.2) is 41.5 Å². The van der Waals surface area contributed by atoms with Crippen LogP contribution in [-0.4, -0.2) is 81.7 Å². The number of benzene rings is 2. The van der Waals surface area contributed by atoms with Gasteiger partial charge >= 0.3 is 6.03 Å². The van der Waals surface area contributed by atoms with Gasteiger partial charge in [0.15, 0.2) is 11.5 Å². The van der Waals surface area contributed by atoms with Crippen molar-refractivity contribution in [3.63, 3.8) is 0 Å². The third-order valence-corrected chi connectivity index (χ3v) is 6.75. The van der Waals surface area contributed by atoms with E-state index in [2.05, 4.69) is 46.3 Å². The second-order valence-electron chi connectivity index (χ2n) is 8.73. The van der Waals surface area contributed by atoms with Crippen LogP contribution >= 0.6 is 0 Å². The van der Waals surface area contributed by atoms with Crippen LogP contribution < -0.4 is 19.7 Å². The first-order valence-electron chi connectivity index (χ1n) is 11.9. The Kier molecular flexibility index (Phi) is 7.26. The summed E-state index contributed by atoms with van der Waals surface area (Å²) in [5.74, 6) is 1.31. The topological polar surface area (TPSA) is 69.6 Å². The number of hydrogen-bond acceptors (Lipinski definition) is 6. The van der Waals surface area contributed by atoms with Crippen LogP contribution in [0.3, 0.4) is 0 Å². The second-order valence-corrected chi connectivity index (χ2v) is 8.73. The van der Waals surface area contributed by atoms with Gasteiger partial charge in [-0.25, -0.2) is 9.80 Å². The zero-order chi connectivity index (χ0) is 24.2. The Morgan fingerprint density at radius 1 is 1.06 bits per heavy atom. The van der Waals surface area contributed by atoms with Crippen molar-refractivity contribution < 1.29 is 14.3 Å². The first-order valence-corrected chi connectivity index (χ1v) is 11.9. The zero-order valence-electron chi connectivity index (χ0n) is 20.8. The summed E-state index contributed by atoms with van der Waals surface area (Å²) in [5, 5.41) is 9.11. The number of urea groups is 1. The fourth-order valence-electron chi connectivity index (χ4n) is 4.70. The highest BCUT2D eigenvalue weighted by molar-refractivity contribution is 6.14. The molecule has 182 valence electrons. The van der Waals surface area contributed by atoms with Gasteiger partial charge in [-0.3, -0.25) is 0 Å². The van der Waals surface area contributed by atoms with E-state index in [1.54, 1.807) is 21.3 Å². The van der Waals surface area contributed by atoms with Crippen LogP contribution in [0.1, 0.15) is 30.5 Å². The molecule has 1 atom stereocenters. The van der Waals surface area contributed by atoms with E-state index in [0.29, 0.717) is 17.9 Å². The SMILES string of the molecule is CCN1CCN(c2ccc(C3=NN(C(=O)NC)C(C)Cc4cc(OC)c(OC)cc43)cc2)CC1. The van der Waals surface area contributed by atoms with Crippen molar-refractivity contribution in [2.24, 2.45) is 5.10 Å². The van der Waals surface area contributed by atoms with Gasteiger partial charge in [-0.1, -0.05) is 19.1 Å². The Hall–Kier alpha value is -3.26. The maximum Gasteiger partial charge on any atom is 0.337 e. The molecule has 0 saturated carbocycles. The third kappa shape index (κ3) is 4.68. The lowest BCUT2D eigenvalue weighted by Crippen LogP contribution is -2.46. The lowest BCUT2D eigenvalue weighted by Gasteiger charge is -2.35. The highest BCUT2D eigenvalue weighted by atomic mass is 16.5. The molecule has 2 aromatic carbocycles. The van der Waals surface area contributed by atoms with Crippen LogP contribution in [0.2, 0.25) is 0 Å². The molecule has 2 heterocycles. The van der Waals surface area contributed by atoms with Crippen molar-refractivity contribution in [2.45, 2.75) is 26.3 Å². The number of fused-ring (bicyclic) bond motifs is 1. The van der Waals surface area contributed by atoms with Crippen LogP contribution in [0, 0.1) is 0 Å². The summed E-state index contributed by atoms with van der Waals surface area (Å²) in [5.41, 5.74) is 4.91. The Morgan fingerprint density at radius 2 is 1.71 bits per heavy atom. The van der Waals surface area contributed by atoms with Crippen LogP contribution in [0.4, 0.5) is 10.5 Å². The molecule has 1 fully saturated rings. The van der Waals surface area contributed by atoms with E-state index in [9.17, 15) is 4.79 Å². The molecule has 8 heteroatoms. The molecule has 4 rings (SSSR count). The minimum atomic E-state index is -0.234. The van der Waals surface area contributed by atoms with Crippen molar-refractivity contribution >= 4 is 17.4 Å². The molecule has 2 aliphatic rings. The normalized spacial score (nSPS) is 18.6. The number of amides is 2. The van der Waals surface area contributed by atoms with Crippen molar-refractivity contribution in [1.29, 1.82) is 0 Å². The van der Waals surface area contributed by atoms with E-state index in [1.165, 1.54) is 10.7 Å². The molecule has 1 unspecified atom stereocenters. The number of rotatable bonds is 5. The molecule has 34 heavy (non-hydrogen) atoms. The molecule has 0 radical (unpaired) electrons. The number of hydrogen-bond donors (Lipinski definition) is 1. The predicted molar refractivity (Wildman–Crippen MR) is 135 cm³/mol. The molecule has 1 N–H and O–H groups in total. The van der Waals surface area contributed by atoms with Gasteiger partial charge < -0.3 is 24.6 Å². The van der Waals surface area contributed by atoms with Gasteiger partial charge in [-0.15, -0.1) is 0 Å². The van der Waals surface area contributed by atoms with E-state index in [0.717, 1.165) is 55.1 Å². The minimum Gasteiger partial charge on any atom is -0.493 e. The summed E-state index contributed by atoms with van der Waals surface area (Å²) in [6.07, 6.45) is 0.649. The molecule has 2 amide bonds. The summed E-state index contributed by atoms with van der Waals surface area (Å²) >= 11 is 0. The molecule has 2 aromatic rings. The Morgan fingerprint density at radius 3 is 2.29 bits per heavy atom. The lowest BCUT2D eigenvalue weighted by atomic mass is 9.94. The molecular weight excluding hydrogens is 430 g/mol. The monoisotopic (exact) mass is 465 g/mol. The third-order valence-electron chi connectivity index (χ3n) is 6.75. The number of carbonyl (C=O) groups excluding carboxylic acids is 1. The highest BCUT2D eigenvalue weighted by Crippen LogP contribution is 2.35. The smallest absolute Gasteiger partial charge is 0.337 e. The number of nitrogens with zero attached hydrogens (tertiary/aromatic N) is 4. The average molecular weight is 466 g/mol. The van der Waals surface area contributed by atoms with Gasteiger partial charge in [-0.05, 0) is 49.7 Å². The minimum absolute atomic E-state index is 0.122. The van der Waals surface area contributed by atoms with E-state index >= 15 is 0 Å². The van der Waals surface area contributed by atoms with Gasteiger partial charge in [0.1, 0.15) is 0 Å². The summed E-state index contributed by atoms with van der Waals surface area (Å²) in [4.78, 5) is 17.6. The first-order chi connectivity index (χ1) is 16.5. The predicted octanol–water partition coefficient (Wildman–Crippen LogP) is 3.18. The number of hydrazone groups is 1. The Labute approximate surface area is 202 Å². The van der Waals surface area contributed by atoms with E-state index in [-0.39, 0.29) is 12.1 Å². The summed E-state index contributed by atoms with van der Waals surface area (Å²) in [6.45, 7) is 9.52. The quantitative estimate of drug-likeness (QED) is 0.735. The maximum absolute atomic E-state index is 12.7. The van der Waals surface area contributed by atoms with E-state index in [4.69, 9.17) is 14.6 Å². The molecule has 2 aliphatic heterocycles. The number of nitrogens with one attached hydrogen (secondary N) is 1. The standard InChI is InChI=1S/C26H35N5O3/c1-6-29-11-13-30(14-12-29)21-9-7-19(8-10-21)25-22-17-24(34-5)23(33-4)16-20(22)15-18(2)31(28-25)26(32)27-3/h7-10,16-18H,6,11-15H2,1-5H3,(H,27,32). The van der Waals surface area contributed by atoms with Crippen molar-refractivity contribution in [1.82, 2.24) is 15.2 Å². The number of carbonyl (C=O) groups is 1. The second kappa shape index (κ2) is 10.3. The lowest BCUT2D eigenvalue weighted by molar-refractivity contribution is 0.184. The van der Waals surface area contributed by atoms with Gasteiger partial charge in [-0.2, -0.15) is 5.10 Å². The summed E-state index contributed by atoms with van der Waals surface area (Å²) < 4.78 is 11.1. The number of likely N-dealkylation sites (N-methyl/N-ethyl adjacent to an activating group) is 1. The van der Waals surface area contributed by atoms with Gasteiger partial charge in [0.2, 0.25) is 0 Å². The Balaban J connectivity index is 1.74. The summed E-state index contributed by atoms with van der Waals surface area (Å²) in [6, 6.07) is 12.1. The van der Waals surface area contributed by atoms with Gasteiger partial charge in [0.25, 0.3) is 0 Å².